The molecule has 1 aromatic carbocycles. The van der Waals surface area contributed by atoms with Gasteiger partial charge in [0.1, 0.15) is 0 Å². The zero-order chi connectivity index (χ0) is 18.6. The first-order chi connectivity index (χ1) is 11.8. The van der Waals surface area contributed by atoms with Crippen LogP contribution in [0.15, 0.2) is 24.4 Å². The summed E-state index contributed by atoms with van der Waals surface area (Å²) in [6.45, 7) is 3.28. The van der Waals surface area contributed by atoms with Crippen molar-refractivity contribution in [2.45, 2.75) is 25.9 Å². The van der Waals surface area contributed by atoms with Gasteiger partial charge in [-0.05, 0) is 31.9 Å². The highest BCUT2D eigenvalue weighted by Gasteiger charge is 2.41. The summed E-state index contributed by atoms with van der Waals surface area (Å²) in [5, 5.41) is 21.0. The van der Waals surface area contributed by atoms with Gasteiger partial charge in [-0.15, -0.1) is 0 Å². The lowest BCUT2D eigenvalue weighted by molar-refractivity contribution is -0.384. The number of carboxylic acids is 1. The summed E-state index contributed by atoms with van der Waals surface area (Å²) in [7, 11) is -3.88. The molecule has 1 atom stereocenters. The minimum absolute atomic E-state index is 0.0421. The Labute approximate surface area is 143 Å². The Morgan fingerprint density at radius 2 is 2.00 bits per heavy atom. The molecule has 0 radical (unpaired) electrons. The van der Waals surface area contributed by atoms with Crippen LogP contribution in [0.3, 0.4) is 0 Å². The number of carboxylic acid groups (broad SMARTS) is 1. The lowest BCUT2D eigenvalue weighted by Crippen LogP contribution is -2.25. The van der Waals surface area contributed by atoms with Gasteiger partial charge in [-0.3, -0.25) is 19.5 Å². The van der Waals surface area contributed by atoms with Crippen molar-refractivity contribution < 1.29 is 28.4 Å². The number of nitro groups is 1. The fraction of sp³-hybridized carbons (Fsp3) is 0.400. The number of benzene rings is 1. The first kappa shape index (κ1) is 19.1. The quantitative estimate of drug-likeness (QED) is 0.393. The van der Waals surface area contributed by atoms with Gasteiger partial charge in [-0.2, -0.15) is 0 Å². The van der Waals surface area contributed by atoms with E-state index < -0.39 is 24.1 Å². The third-order valence-corrected chi connectivity index (χ3v) is 6.06. The van der Waals surface area contributed by atoms with Crippen LogP contribution >= 0.6 is 7.60 Å². The Balaban J connectivity index is 2.44. The van der Waals surface area contributed by atoms with Crippen LogP contribution in [0.2, 0.25) is 0 Å². The minimum atomic E-state index is -3.88. The van der Waals surface area contributed by atoms with Crippen LogP contribution in [0.1, 0.15) is 19.4 Å². The van der Waals surface area contributed by atoms with E-state index in [4.69, 9.17) is 9.05 Å². The predicted molar refractivity (Wildman–Crippen MR) is 90.9 cm³/mol. The number of rotatable bonds is 9. The van der Waals surface area contributed by atoms with E-state index in [1.807, 2.05) is 0 Å². The molecule has 0 saturated heterocycles. The summed E-state index contributed by atoms with van der Waals surface area (Å²) in [4.78, 5) is 25.0. The van der Waals surface area contributed by atoms with Gasteiger partial charge in [0.2, 0.25) is 0 Å². The second-order valence-electron chi connectivity index (χ2n) is 5.23. The Kier molecular flexibility index (Phi) is 5.94. The van der Waals surface area contributed by atoms with E-state index in [0.29, 0.717) is 16.5 Å². The summed E-state index contributed by atoms with van der Waals surface area (Å²) >= 11 is 0. The number of nitrogens with zero attached hydrogens (tertiary/aromatic N) is 1. The van der Waals surface area contributed by atoms with Gasteiger partial charge in [0.05, 0.1) is 18.1 Å². The van der Waals surface area contributed by atoms with Crippen LogP contribution in [0.4, 0.5) is 5.69 Å². The number of H-pyrrole nitrogens is 1. The van der Waals surface area contributed by atoms with Gasteiger partial charge in [0.25, 0.3) is 5.69 Å². The molecular formula is C15H19N2O7P. The molecule has 0 amide bonds. The van der Waals surface area contributed by atoms with E-state index in [1.165, 1.54) is 18.2 Å². The highest BCUT2D eigenvalue weighted by atomic mass is 31.2. The van der Waals surface area contributed by atoms with Crippen LogP contribution in [0, 0.1) is 10.1 Å². The topological polar surface area (TPSA) is 132 Å². The number of fused-ring (bicyclic) bond motifs is 1. The zero-order valence-corrected chi connectivity index (χ0v) is 14.7. The molecule has 2 rings (SSSR count). The van der Waals surface area contributed by atoms with Crippen molar-refractivity contribution in [3.8, 4) is 0 Å². The summed E-state index contributed by atoms with van der Waals surface area (Å²) in [5.74, 6) is -1.31. The predicted octanol–water partition coefficient (Wildman–Crippen LogP) is 3.34. The molecule has 10 heteroatoms. The Bertz CT molecular complexity index is 822. The van der Waals surface area contributed by atoms with Crippen LogP contribution in [0.5, 0.6) is 0 Å². The van der Waals surface area contributed by atoms with Crippen molar-refractivity contribution in [3.63, 3.8) is 0 Å². The lowest BCUT2D eigenvalue weighted by atomic mass is 10.1. The van der Waals surface area contributed by atoms with Gasteiger partial charge in [-0.1, -0.05) is 0 Å². The molecule has 9 nitrogen and oxygen atoms in total. The smallest absolute Gasteiger partial charge is 0.345 e. The molecule has 1 heterocycles. The summed E-state index contributed by atoms with van der Waals surface area (Å²) < 4.78 is 23.1. The molecule has 25 heavy (non-hydrogen) atoms. The van der Waals surface area contributed by atoms with Gasteiger partial charge in [0, 0.05) is 29.2 Å². The number of nitrogens with one attached hydrogen (secondary N) is 1. The molecular weight excluding hydrogens is 351 g/mol. The third kappa shape index (κ3) is 4.07. The molecule has 0 bridgehead atoms. The molecule has 1 aromatic heterocycles. The number of aromatic amines is 1. The number of nitro benzene ring substituents is 1. The van der Waals surface area contributed by atoms with Crippen molar-refractivity contribution in [3.05, 3.63) is 40.1 Å². The van der Waals surface area contributed by atoms with E-state index in [1.54, 1.807) is 20.0 Å². The molecule has 0 saturated carbocycles. The maximum Gasteiger partial charge on any atom is 0.345 e. The van der Waals surface area contributed by atoms with E-state index in [-0.39, 0.29) is 25.3 Å². The van der Waals surface area contributed by atoms with Crippen molar-refractivity contribution >= 4 is 30.2 Å². The largest absolute Gasteiger partial charge is 0.481 e. The van der Waals surface area contributed by atoms with Crippen LogP contribution < -0.4 is 0 Å². The molecule has 0 spiro atoms. The first-order valence-corrected chi connectivity index (χ1v) is 9.29. The number of non-ortho nitro benzene ring substituents is 1. The summed E-state index contributed by atoms with van der Waals surface area (Å²) in [6.07, 6.45) is 1.40. The van der Waals surface area contributed by atoms with E-state index in [0.717, 1.165) is 0 Å². The number of hydrogen-bond acceptors (Lipinski definition) is 6. The monoisotopic (exact) mass is 370 g/mol. The van der Waals surface area contributed by atoms with Crippen LogP contribution in [0.25, 0.3) is 10.9 Å². The van der Waals surface area contributed by atoms with E-state index >= 15 is 0 Å². The second kappa shape index (κ2) is 7.77. The standard InChI is InChI=1S/C15H19N2O7P/c1-3-23-25(22,24-4-2)14(15(18)19)7-10-9-16-13-6-5-11(17(20)21)8-12(10)13/h5-6,8-9,14,16H,3-4,7H2,1-2H3,(H,18,19). The van der Waals surface area contributed by atoms with Crippen molar-refractivity contribution in [2.24, 2.45) is 0 Å². The van der Waals surface area contributed by atoms with Crippen LogP contribution in [-0.2, 0) is 24.8 Å². The molecule has 0 aliphatic rings. The average molecular weight is 370 g/mol. The van der Waals surface area contributed by atoms with Gasteiger partial charge in [0.15, 0.2) is 5.66 Å². The minimum Gasteiger partial charge on any atom is -0.481 e. The maximum absolute atomic E-state index is 12.8. The highest BCUT2D eigenvalue weighted by molar-refractivity contribution is 7.55. The molecule has 2 aromatic rings. The molecule has 0 aliphatic heterocycles. The van der Waals surface area contributed by atoms with E-state index in [9.17, 15) is 24.6 Å². The first-order valence-electron chi connectivity index (χ1n) is 7.68. The normalized spacial score (nSPS) is 13.0. The SMILES string of the molecule is CCOP(=O)(OCC)C(Cc1c[nH]c2ccc([N+](=O)[O-])cc12)C(=O)O. The number of aromatic nitrogens is 1. The molecule has 0 aliphatic carbocycles. The Morgan fingerprint density at radius 3 is 2.52 bits per heavy atom. The number of carbonyl (C=O) groups is 1. The Hall–Kier alpha value is -2.22. The third-order valence-electron chi connectivity index (χ3n) is 3.66. The lowest BCUT2D eigenvalue weighted by Gasteiger charge is -2.23. The molecule has 1 unspecified atom stereocenters. The van der Waals surface area contributed by atoms with Gasteiger partial charge in [-0.25, -0.2) is 0 Å². The summed E-state index contributed by atoms with van der Waals surface area (Å²) in [6, 6.07) is 4.24. The number of hydrogen-bond donors (Lipinski definition) is 2. The number of aliphatic carboxylic acids is 1. The molecule has 2 N–H and O–H groups in total. The fourth-order valence-electron chi connectivity index (χ4n) is 2.57. The van der Waals surface area contributed by atoms with Crippen molar-refractivity contribution in [2.75, 3.05) is 13.2 Å². The van der Waals surface area contributed by atoms with Crippen molar-refractivity contribution in [1.82, 2.24) is 4.98 Å². The van der Waals surface area contributed by atoms with Crippen molar-refractivity contribution in [1.29, 1.82) is 0 Å². The second-order valence-corrected chi connectivity index (χ2v) is 7.45. The molecule has 136 valence electrons. The molecule has 0 fully saturated rings. The fourth-order valence-corrected chi connectivity index (χ4v) is 4.41. The van der Waals surface area contributed by atoms with E-state index in [2.05, 4.69) is 4.98 Å². The van der Waals surface area contributed by atoms with Crippen LogP contribution in [-0.4, -0.2) is 39.9 Å². The Morgan fingerprint density at radius 1 is 1.36 bits per heavy atom. The summed E-state index contributed by atoms with van der Waals surface area (Å²) in [5.41, 5.74) is -0.415. The van der Waals surface area contributed by atoms with Gasteiger partial charge < -0.3 is 19.1 Å². The zero-order valence-electron chi connectivity index (χ0n) is 13.8. The van der Waals surface area contributed by atoms with Gasteiger partial charge >= 0.3 is 13.6 Å². The average Bonchev–Trinajstić information content (AvgIpc) is 2.94. The highest BCUT2D eigenvalue weighted by Crippen LogP contribution is 2.54. The maximum atomic E-state index is 12.8.